The Labute approximate surface area is 189 Å². The van der Waals surface area contributed by atoms with Crippen LogP contribution in [0.4, 0.5) is 0 Å². The van der Waals surface area contributed by atoms with Gasteiger partial charge in [-0.15, -0.1) is 11.3 Å². The summed E-state index contributed by atoms with van der Waals surface area (Å²) in [5.74, 6) is 0.129. The molecule has 1 aromatic heterocycles. The van der Waals surface area contributed by atoms with Crippen LogP contribution in [0, 0.1) is 12.3 Å². The highest BCUT2D eigenvalue weighted by molar-refractivity contribution is 7.16. The highest BCUT2D eigenvalue weighted by Gasteiger charge is 2.44. The molecule has 1 saturated carbocycles. The molecule has 0 saturated heterocycles. The van der Waals surface area contributed by atoms with Gasteiger partial charge >= 0.3 is 0 Å². The van der Waals surface area contributed by atoms with Crippen molar-refractivity contribution >= 4 is 52.0 Å². The van der Waals surface area contributed by atoms with E-state index in [9.17, 15) is 4.79 Å². The summed E-state index contributed by atoms with van der Waals surface area (Å²) in [4.78, 5) is 14.6. The summed E-state index contributed by atoms with van der Waals surface area (Å²) in [6.07, 6.45) is 1.92. The molecule has 0 unspecified atom stereocenters. The van der Waals surface area contributed by atoms with Crippen LogP contribution in [0.3, 0.4) is 0 Å². The summed E-state index contributed by atoms with van der Waals surface area (Å²) in [6, 6.07) is 13.3. The van der Waals surface area contributed by atoms with Gasteiger partial charge in [0.05, 0.1) is 11.6 Å². The van der Waals surface area contributed by atoms with Crippen molar-refractivity contribution in [2.45, 2.75) is 33.2 Å². The molecule has 2 nitrogen and oxygen atoms in total. The molecule has 150 valence electrons. The van der Waals surface area contributed by atoms with E-state index in [1.807, 2.05) is 43.3 Å². The molecule has 1 heterocycles. The number of hydrogen-bond acceptors (Lipinski definition) is 2. The quantitative estimate of drug-likeness (QED) is 0.410. The Kier molecular flexibility index (Phi) is 5.69. The van der Waals surface area contributed by atoms with Crippen LogP contribution in [0.15, 0.2) is 42.5 Å². The molecule has 1 aliphatic rings. The van der Waals surface area contributed by atoms with Crippen molar-refractivity contribution in [3.63, 3.8) is 0 Å². The Morgan fingerprint density at radius 2 is 1.72 bits per heavy atom. The zero-order chi connectivity index (χ0) is 20.8. The van der Waals surface area contributed by atoms with E-state index in [4.69, 9.17) is 34.8 Å². The third kappa shape index (κ3) is 4.20. The zero-order valence-electron chi connectivity index (χ0n) is 16.1. The molecule has 1 N–H and O–H groups in total. The van der Waals surface area contributed by atoms with Gasteiger partial charge in [0.15, 0.2) is 0 Å². The molecule has 0 radical (unpaired) electrons. The van der Waals surface area contributed by atoms with E-state index in [1.54, 1.807) is 17.4 Å². The van der Waals surface area contributed by atoms with Crippen molar-refractivity contribution in [3.05, 3.63) is 68.0 Å². The first-order valence-electron chi connectivity index (χ1n) is 9.40. The molecule has 1 fully saturated rings. The Morgan fingerprint density at radius 1 is 1.07 bits per heavy atom. The molecule has 1 amide bonds. The zero-order valence-corrected chi connectivity index (χ0v) is 19.2. The molecule has 6 heteroatoms. The standard InChI is InChI=1S/C23H20Cl3NOS/c1-13-19(12-27-22(28)23(2)9-10-23)29-21(17-8-7-16(25)11-18(17)26)20(13)14-3-5-15(24)6-4-14/h3-8,11H,9-10,12H2,1-2H3,(H,27,28). The molecule has 0 aliphatic heterocycles. The van der Waals surface area contributed by atoms with Gasteiger partial charge in [-0.2, -0.15) is 0 Å². The molecule has 4 rings (SSSR count). The van der Waals surface area contributed by atoms with E-state index in [2.05, 4.69) is 12.2 Å². The lowest BCUT2D eigenvalue weighted by molar-refractivity contribution is -0.125. The van der Waals surface area contributed by atoms with Crippen LogP contribution in [0.1, 0.15) is 30.2 Å². The summed E-state index contributed by atoms with van der Waals surface area (Å²) >= 11 is 20.4. The second-order valence-corrected chi connectivity index (χ2v) is 10.1. The van der Waals surface area contributed by atoms with Gasteiger partial charge < -0.3 is 5.32 Å². The van der Waals surface area contributed by atoms with Crippen LogP contribution in [-0.4, -0.2) is 5.91 Å². The van der Waals surface area contributed by atoms with Gasteiger partial charge in [0.2, 0.25) is 5.91 Å². The number of benzene rings is 2. The van der Waals surface area contributed by atoms with E-state index in [0.717, 1.165) is 44.8 Å². The lowest BCUT2D eigenvalue weighted by Gasteiger charge is -2.10. The van der Waals surface area contributed by atoms with Crippen LogP contribution >= 0.6 is 46.1 Å². The average molecular weight is 465 g/mol. The molecule has 0 atom stereocenters. The fraction of sp³-hybridized carbons (Fsp3) is 0.261. The maximum atomic E-state index is 12.4. The first-order chi connectivity index (χ1) is 13.8. The summed E-state index contributed by atoms with van der Waals surface area (Å²) in [6.45, 7) is 4.62. The van der Waals surface area contributed by atoms with Gasteiger partial charge in [-0.1, -0.05) is 59.9 Å². The largest absolute Gasteiger partial charge is 0.351 e. The lowest BCUT2D eigenvalue weighted by atomic mass is 9.98. The molecular weight excluding hydrogens is 445 g/mol. The van der Waals surface area contributed by atoms with Crippen molar-refractivity contribution in [1.82, 2.24) is 5.32 Å². The van der Waals surface area contributed by atoms with E-state index in [1.165, 1.54) is 0 Å². The second kappa shape index (κ2) is 7.96. The maximum Gasteiger partial charge on any atom is 0.226 e. The minimum Gasteiger partial charge on any atom is -0.351 e. The predicted octanol–water partition coefficient (Wildman–Crippen LogP) is 7.77. The number of hydrogen-bond donors (Lipinski definition) is 1. The van der Waals surface area contributed by atoms with Gasteiger partial charge in [-0.3, -0.25) is 4.79 Å². The van der Waals surface area contributed by atoms with Crippen LogP contribution in [-0.2, 0) is 11.3 Å². The van der Waals surface area contributed by atoms with Crippen molar-refractivity contribution in [1.29, 1.82) is 0 Å². The number of thiophene rings is 1. The maximum absolute atomic E-state index is 12.4. The molecule has 1 aliphatic carbocycles. The molecule has 0 bridgehead atoms. The van der Waals surface area contributed by atoms with E-state index >= 15 is 0 Å². The minimum atomic E-state index is -0.188. The van der Waals surface area contributed by atoms with Crippen molar-refractivity contribution in [2.24, 2.45) is 5.41 Å². The molecule has 29 heavy (non-hydrogen) atoms. The third-order valence-electron chi connectivity index (χ3n) is 5.51. The minimum absolute atomic E-state index is 0.129. The average Bonchev–Trinajstić information content (AvgIpc) is 3.36. The summed E-state index contributed by atoms with van der Waals surface area (Å²) < 4.78 is 0. The highest BCUT2D eigenvalue weighted by Crippen LogP contribution is 2.47. The number of rotatable bonds is 5. The molecule has 2 aromatic carbocycles. The topological polar surface area (TPSA) is 29.1 Å². The predicted molar refractivity (Wildman–Crippen MR) is 124 cm³/mol. The SMILES string of the molecule is Cc1c(CNC(=O)C2(C)CC2)sc(-c2ccc(Cl)cc2Cl)c1-c1ccc(Cl)cc1. The Hall–Kier alpha value is -1.52. The first kappa shape index (κ1) is 20.7. The summed E-state index contributed by atoms with van der Waals surface area (Å²) in [5.41, 5.74) is 4.06. The Bertz CT molecular complexity index is 1080. The van der Waals surface area contributed by atoms with E-state index in [-0.39, 0.29) is 11.3 Å². The summed E-state index contributed by atoms with van der Waals surface area (Å²) in [7, 11) is 0. The lowest BCUT2D eigenvalue weighted by Crippen LogP contribution is -2.29. The first-order valence-corrected chi connectivity index (χ1v) is 11.4. The third-order valence-corrected chi connectivity index (χ3v) is 7.64. The van der Waals surface area contributed by atoms with Gasteiger partial charge in [0.25, 0.3) is 0 Å². The van der Waals surface area contributed by atoms with Gasteiger partial charge in [0, 0.05) is 36.3 Å². The molecule has 3 aromatic rings. The van der Waals surface area contributed by atoms with Crippen LogP contribution in [0.5, 0.6) is 0 Å². The van der Waals surface area contributed by atoms with E-state index in [0.29, 0.717) is 21.6 Å². The van der Waals surface area contributed by atoms with Gasteiger partial charge in [-0.05, 0) is 55.2 Å². The van der Waals surface area contributed by atoms with Crippen molar-refractivity contribution < 1.29 is 4.79 Å². The summed E-state index contributed by atoms with van der Waals surface area (Å²) in [5, 5.41) is 5.02. The molecular formula is C23H20Cl3NOS. The van der Waals surface area contributed by atoms with E-state index < -0.39 is 0 Å². The highest BCUT2D eigenvalue weighted by atomic mass is 35.5. The van der Waals surface area contributed by atoms with Crippen LogP contribution in [0.25, 0.3) is 21.6 Å². The smallest absolute Gasteiger partial charge is 0.226 e. The van der Waals surface area contributed by atoms with Crippen molar-refractivity contribution in [3.8, 4) is 21.6 Å². The van der Waals surface area contributed by atoms with Crippen LogP contribution in [0.2, 0.25) is 15.1 Å². The normalized spacial score (nSPS) is 14.7. The number of nitrogens with one attached hydrogen (secondary N) is 1. The van der Waals surface area contributed by atoms with Gasteiger partial charge in [-0.25, -0.2) is 0 Å². The number of carbonyl (C=O) groups is 1. The van der Waals surface area contributed by atoms with Crippen molar-refractivity contribution in [2.75, 3.05) is 0 Å². The Morgan fingerprint density at radius 3 is 2.34 bits per heavy atom. The fourth-order valence-corrected chi connectivity index (χ4v) is 5.34. The second-order valence-electron chi connectivity index (χ2n) is 7.73. The monoisotopic (exact) mass is 463 g/mol. The number of halogens is 3. The van der Waals surface area contributed by atoms with Crippen LogP contribution < -0.4 is 5.32 Å². The Balaban J connectivity index is 1.77. The van der Waals surface area contributed by atoms with Gasteiger partial charge in [0.1, 0.15) is 0 Å². The molecule has 0 spiro atoms. The number of amides is 1. The fourth-order valence-electron chi connectivity index (χ4n) is 3.35. The number of carbonyl (C=O) groups excluding carboxylic acids is 1.